The van der Waals surface area contributed by atoms with Crippen molar-refractivity contribution in [2.45, 2.75) is 29.9 Å². The van der Waals surface area contributed by atoms with Gasteiger partial charge in [0.1, 0.15) is 5.82 Å². The molecule has 16 heavy (non-hydrogen) atoms. The molecular weight excluding hydrogens is 229 g/mol. The lowest BCUT2D eigenvalue weighted by atomic mass is 10.1. The van der Waals surface area contributed by atoms with Crippen LogP contribution in [0.2, 0.25) is 0 Å². The average Bonchev–Trinajstić information content (AvgIpc) is 2.18. The Bertz CT molecular complexity index is 451. The fourth-order valence-electron chi connectivity index (χ4n) is 1.41. The summed E-state index contributed by atoms with van der Waals surface area (Å²) in [6.07, 6.45) is 0.368. The summed E-state index contributed by atoms with van der Waals surface area (Å²) in [6.45, 7) is 3.55. The predicted molar refractivity (Wildman–Crippen MR) is 61.3 cm³/mol. The van der Waals surface area contributed by atoms with E-state index < -0.39 is 20.4 Å². The molecule has 0 aliphatic rings. The maximum atomic E-state index is 12.7. The van der Waals surface area contributed by atoms with Crippen LogP contribution in [0.3, 0.4) is 0 Å². The van der Waals surface area contributed by atoms with E-state index in [0.717, 1.165) is 12.1 Å². The summed E-state index contributed by atoms with van der Waals surface area (Å²) < 4.78 is 36.1. The Balaban J connectivity index is 3.16. The third-order valence-electron chi connectivity index (χ3n) is 2.60. The Labute approximate surface area is 95.4 Å². The van der Waals surface area contributed by atoms with Crippen LogP contribution in [-0.2, 0) is 9.84 Å². The predicted octanol–water partition coefficient (Wildman–Crippen LogP) is 1.73. The third kappa shape index (κ3) is 2.41. The van der Waals surface area contributed by atoms with Crippen LogP contribution < -0.4 is 5.73 Å². The highest BCUT2D eigenvalue weighted by atomic mass is 32.2. The first kappa shape index (κ1) is 13.1. The van der Waals surface area contributed by atoms with E-state index in [-0.39, 0.29) is 4.90 Å². The highest BCUT2D eigenvalue weighted by Gasteiger charge is 2.34. The van der Waals surface area contributed by atoms with E-state index in [4.69, 9.17) is 5.73 Å². The molecule has 0 atom stereocenters. The SMILES string of the molecule is CC(C)(CCN)S(=O)(=O)c1ccc(F)cc1. The molecule has 1 aromatic carbocycles. The van der Waals surface area contributed by atoms with Crippen LogP contribution in [0, 0.1) is 5.82 Å². The summed E-state index contributed by atoms with van der Waals surface area (Å²) in [7, 11) is -3.46. The van der Waals surface area contributed by atoms with Crippen LogP contribution in [0.4, 0.5) is 4.39 Å². The quantitative estimate of drug-likeness (QED) is 0.822. The van der Waals surface area contributed by atoms with Gasteiger partial charge in [0.05, 0.1) is 9.64 Å². The summed E-state index contributed by atoms with van der Waals surface area (Å²) in [6, 6.07) is 4.85. The van der Waals surface area contributed by atoms with Gasteiger partial charge >= 0.3 is 0 Å². The lowest BCUT2D eigenvalue weighted by molar-refractivity contribution is 0.530. The van der Waals surface area contributed by atoms with Crippen molar-refractivity contribution < 1.29 is 12.8 Å². The van der Waals surface area contributed by atoms with Crippen LogP contribution in [-0.4, -0.2) is 19.7 Å². The Morgan fingerprint density at radius 1 is 1.25 bits per heavy atom. The minimum absolute atomic E-state index is 0.132. The lowest BCUT2D eigenvalue weighted by Gasteiger charge is -2.24. The van der Waals surface area contributed by atoms with Crippen LogP contribution in [0.15, 0.2) is 29.2 Å². The van der Waals surface area contributed by atoms with Gasteiger partial charge in [0.25, 0.3) is 0 Å². The van der Waals surface area contributed by atoms with Gasteiger partial charge in [0, 0.05) is 0 Å². The van der Waals surface area contributed by atoms with E-state index >= 15 is 0 Å². The van der Waals surface area contributed by atoms with Gasteiger partial charge in [-0.2, -0.15) is 0 Å². The van der Waals surface area contributed by atoms with Gasteiger partial charge in [-0.25, -0.2) is 12.8 Å². The summed E-state index contributed by atoms with van der Waals surface area (Å²) in [5, 5.41) is 0. The summed E-state index contributed by atoms with van der Waals surface area (Å²) >= 11 is 0. The Morgan fingerprint density at radius 3 is 2.19 bits per heavy atom. The Kier molecular flexibility index (Phi) is 3.70. The molecule has 0 bridgehead atoms. The second kappa shape index (κ2) is 4.51. The number of sulfone groups is 1. The molecule has 1 aromatic rings. The number of nitrogens with two attached hydrogens (primary N) is 1. The van der Waals surface area contributed by atoms with Crippen molar-refractivity contribution in [3.63, 3.8) is 0 Å². The maximum absolute atomic E-state index is 12.7. The molecule has 90 valence electrons. The highest BCUT2D eigenvalue weighted by molar-refractivity contribution is 7.92. The number of benzene rings is 1. The monoisotopic (exact) mass is 245 g/mol. The van der Waals surface area contributed by atoms with Crippen molar-refractivity contribution in [2.75, 3.05) is 6.54 Å². The van der Waals surface area contributed by atoms with Gasteiger partial charge in [-0.05, 0) is 51.1 Å². The number of hydrogen-bond donors (Lipinski definition) is 1. The summed E-state index contributed by atoms with van der Waals surface area (Å²) in [4.78, 5) is 0.132. The van der Waals surface area contributed by atoms with Crippen molar-refractivity contribution in [2.24, 2.45) is 5.73 Å². The van der Waals surface area contributed by atoms with Crippen molar-refractivity contribution in [1.82, 2.24) is 0 Å². The number of hydrogen-bond acceptors (Lipinski definition) is 3. The second-order valence-corrected chi connectivity index (χ2v) is 6.84. The standard InChI is InChI=1S/C11H16FNO2S/c1-11(2,7-8-13)16(14,15)10-5-3-9(12)4-6-10/h3-6H,7-8,13H2,1-2H3. The van der Waals surface area contributed by atoms with Gasteiger partial charge in [0.2, 0.25) is 0 Å². The summed E-state index contributed by atoms with van der Waals surface area (Å²) in [5.74, 6) is -0.449. The van der Waals surface area contributed by atoms with Crippen LogP contribution >= 0.6 is 0 Å². The smallest absolute Gasteiger partial charge is 0.183 e. The van der Waals surface area contributed by atoms with Crippen LogP contribution in [0.5, 0.6) is 0 Å². The lowest BCUT2D eigenvalue weighted by Crippen LogP contribution is -2.34. The average molecular weight is 245 g/mol. The zero-order chi connectivity index (χ0) is 12.4. The minimum Gasteiger partial charge on any atom is -0.330 e. The molecule has 0 fully saturated rings. The molecule has 0 saturated heterocycles. The van der Waals surface area contributed by atoms with E-state index in [2.05, 4.69) is 0 Å². The molecule has 0 heterocycles. The fourth-order valence-corrected chi connectivity index (χ4v) is 2.93. The zero-order valence-corrected chi connectivity index (χ0v) is 10.2. The van der Waals surface area contributed by atoms with E-state index in [1.54, 1.807) is 13.8 Å². The van der Waals surface area contributed by atoms with Crippen LogP contribution in [0.1, 0.15) is 20.3 Å². The second-order valence-electron chi connectivity index (χ2n) is 4.26. The van der Waals surface area contributed by atoms with Crippen LogP contribution in [0.25, 0.3) is 0 Å². The Hall–Kier alpha value is -0.940. The molecule has 0 aromatic heterocycles. The van der Waals surface area contributed by atoms with Gasteiger partial charge in [0.15, 0.2) is 9.84 Å². The number of rotatable bonds is 4. The molecule has 0 amide bonds. The third-order valence-corrected chi connectivity index (χ3v) is 5.15. The first-order chi connectivity index (χ1) is 7.31. The summed E-state index contributed by atoms with van der Waals surface area (Å²) in [5.41, 5.74) is 5.39. The molecule has 0 aliphatic heterocycles. The highest BCUT2D eigenvalue weighted by Crippen LogP contribution is 2.27. The molecule has 0 spiro atoms. The maximum Gasteiger partial charge on any atom is 0.183 e. The van der Waals surface area contributed by atoms with E-state index in [9.17, 15) is 12.8 Å². The Morgan fingerprint density at radius 2 is 1.75 bits per heavy atom. The van der Waals surface area contributed by atoms with Crippen molar-refractivity contribution in [3.8, 4) is 0 Å². The zero-order valence-electron chi connectivity index (χ0n) is 9.40. The largest absolute Gasteiger partial charge is 0.330 e. The molecule has 5 heteroatoms. The van der Waals surface area contributed by atoms with Gasteiger partial charge in [-0.3, -0.25) is 0 Å². The topological polar surface area (TPSA) is 60.2 Å². The minimum atomic E-state index is -3.46. The number of halogens is 1. The molecule has 0 aliphatic carbocycles. The van der Waals surface area contributed by atoms with Gasteiger partial charge in [-0.15, -0.1) is 0 Å². The normalized spacial score (nSPS) is 12.8. The first-order valence-electron chi connectivity index (χ1n) is 5.01. The van der Waals surface area contributed by atoms with Gasteiger partial charge < -0.3 is 5.73 Å². The van der Waals surface area contributed by atoms with Crippen molar-refractivity contribution in [3.05, 3.63) is 30.1 Å². The van der Waals surface area contributed by atoms with E-state index in [0.29, 0.717) is 13.0 Å². The van der Waals surface area contributed by atoms with Crippen molar-refractivity contribution in [1.29, 1.82) is 0 Å². The first-order valence-corrected chi connectivity index (χ1v) is 6.50. The van der Waals surface area contributed by atoms with E-state index in [1.807, 2.05) is 0 Å². The molecular formula is C11H16FNO2S. The fraction of sp³-hybridized carbons (Fsp3) is 0.455. The molecule has 1 rings (SSSR count). The molecule has 0 radical (unpaired) electrons. The van der Waals surface area contributed by atoms with Crippen molar-refractivity contribution >= 4 is 9.84 Å². The van der Waals surface area contributed by atoms with E-state index in [1.165, 1.54) is 12.1 Å². The molecule has 2 N–H and O–H groups in total. The molecule has 0 saturated carbocycles. The van der Waals surface area contributed by atoms with Gasteiger partial charge in [-0.1, -0.05) is 0 Å². The molecule has 0 unspecified atom stereocenters. The molecule has 3 nitrogen and oxygen atoms in total.